The molecule has 3 rings (SSSR count). The number of hydrogen-bond donors (Lipinski definition) is 1. The third kappa shape index (κ3) is 2.28. The van der Waals surface area contributed by atoms with Gasteiger partial charge in [0.2, 0.25) is 0 Å². The minimum Gasteiger partial charge on any atom is -0.309 e. The van der Waals surface area contributed by atoms with Crippen LogP contribution in [0.1, 0.15) is 44.2 Å². The van der Waals surface area contributed by atoms with E-state index in [1.54, 1.807) is 0 Å². The Hall–Kier alpha value is -0.380. The molecule has 1 spiro atoms. The zero-order chi connectivity index (χ0) is 11.7. The fraction of sp³-hybridized carbons (Fsp3) is 0.714. The zero-order valence-electron chi connectivity index (χ0n) is 10.6. The first-order valence-corrected chi connectivity index (χ1v) is 7.75. The minimum atomic E-state index is 0.447. The Morgan fingerprint density at radius 3 is 2.94 bits per heavy atom. The normalized spacial score (nSPS) is 26.4. The van der Waals surface area contributed by atoms with Crippen molar-refractivity contribution < 1.29 is 0 Å². The molecular weight excluding hydrogens is 228 g/mol. The molecule has 1 atom stereocenters. The number of thiophene rings is 1. The van der Waals surface area contributed by atoms with Crippen LogP contribution in [0.3, 0.4) is 0 Å². The van der Waals surface area contributed by atoms with Crippen molar-refractivity contribution in [2.24, 2.45) is 0 Å². The number of nitrogens with zero attached hydrogens (tertiary/aromatic N) is 1. The highest BCUT2D eigenvalue weighted by atomic mass is 32.1. The van der Waals surface area contributed by atoms with Crippen LogP contribution in [0.2, 0.25) is 0 Å². The van der Waals surface area contributed by atoms with Gasteiger partial charge in [-0.25, -0.2) is 0 Å². The molecule has 3 heteroatoms. The summed E-state index contributed by atoms with van der Waals surface area (Å²) in [7, 11) is 0. The molecule has 2 heterocycles. The number of hydrogen-bond acceptors (Lipinski definition) is 3. The summed E-state index contributed by atoms with van der Waals surface area (Å²) < 4.78 is 0. The van der Waals surface area contributed by atoms with E-state index in [2.05, 4.69) is 34.0 Å². The first-order chi connectivity index (χ1) is 8.29. The Morgan fingerprint density at radius 1 is 1.41 bits per heavy atom. The van der Waals surface area contributed by atoms with Gasteiger partial charge in [0.1, 0.15) is 0 Å². The summed E-state index contributed by atoms with van der Waals surface area (Å²) in [6, 6.07) is 2.86. The highest BCUT2D eigenvalue weighted by molar-refractivity contribution is 7.07. The summed E-state index contributed by atoms with van der Waals surface area (Å²) in [5.74, 6) is 0. The average Bonchev–Trinajstić information content (AvgIpc) is 3.00. The Balaban J connectivity index is 1.71. The van der Waals surface area contributed by atoms with Gasteiger partial charge in [-0.05, 0) is 42.2 Å². The maximum Gasteiger partial charge on any atom is 0.0329 e. The SMILES string of the molecule is CC(c1ccsc1)N1CCNC2(CCCC2)C1. The number of rotatable bonds is 2. The second-order valence-corrected chi connectivity index (χ2v) is 6.40. The van der Waals surface area contributed by atoms with Crippen molar-refractivity contribution in [2.75, 3.05) is 19.6 Å². The molecule has 1 aliphatic heterocycles. The monoisotopic (exact) mass is 250 g/mol. The van der Waals surface area contributed by atoms with Crippen molar-refractivity contribution >= 4 is 11.3 Å². The van der Waals surface area contributed by atoms with E-state index in [1.165, 1.54) is 44.3 Å². The van der Waals surface area contributed by atoms with E-state index in [-0.39, 0.29) is 0 Å². The van der Waals surface area contributed by atoms with Gasteiger partial charge in [-0.3, -0.25) is 4.90 Å². The highest BCUT2D eigenvalue weighted by Crippen LogP contribution is 2.34. The second-order valence-electron chi connectivity index (χ2n) is 5.62. The predicted octanol–water partition coefficient (Wildman–Crippen LogP) is 3.03. The largest absolute Gasteiger partial charge is 0.309 e. The van der Waals surface area contributed by atoms with Crippen LogP contribution in [0.15, 0.2) is 16.8 Å². The fourth-order valence-corrected chi connectivity index (χ4v) is 4.18. The van der Waals surface area contributed by atoms with Crippen LogP contribution in [0.5, 0.6) is 0 Å². The molecule has 2 nitrogen and oxygen atoms in total. The molecule has 1 saturated carbocycles. The van der Waals surface area contributed by atoms with Gasteiger partial charge in [0, 0.05) is 31.2 Å². The van der Waals surface area contributed by atoms with E-state index >= 15 is 0 Å². The molecule has 2 aliphatic rings. The molecule has 17 heavy (non-hydrogen) atoms. The topological polar surface area (TPSA) is 15.3 Å². The van der Waals surface area contributed by atoms with Crippen LogP contribution < -0.4 is 5.32 Å². The lowest BCUT2D eigenvalue weighted by atomic mass is 9.93. The molecule has 1 aromatic rings. The van der Waals surface area contributed by atoms with E-state index in [0.29, 0.717) is 11.6 Å². The molecule has 1 N–H and O–H groups in total. The number of piperazine rings is 1. The van der Waals surface area contributed by atoms with E-state index < -0.39 is 0 Å². The van der Waals surface area contributed by atoms with Gasteiger partial charge in [0.05, 0.1) is 0 Å². The van der Waals surface area contributed by atoms with Crippen LogP contribution in [0.25, 0.3) is 0 Å². The lowest BCUT2D eigenvalue weighted by molar-refractivity contribution is 0.101. The van der Waals surface area contributed by atoms with Crippen LogP contribution >= 0.6 is 11.3 Å². The number of nitrogens with one attached hydrogen (secondary N) is 1. The smallest absolute Gasteiger partial charge is 0.0329 e. The van der Waals surface area contributed by atoms with Gasteiger partial charge >= 0.3 is 0 Å². The van der Waals surface area contributed by atoms with Gasteiger partial charge < -0.3 is 5.32 Å². The van der Waals surface area contributed by atoms with Crippen molar-refractivity contribution in [3.63, 3.8) is 0 Å². The van der Waals surface area contributed by atoms with Gasteiger partial charge in [0.25, 0.3) is 0 Å². The van der Waals surface area contributed by atoms with Gasteiger partial charge in [-0.2, -0.15) is 11.3 Å². The Kier molecular flexibility index (Phi) is 3.24. The van der Waals surface area contributed by atoms with E-state index in [1.807, 2.05) is 11.3 Å². The Bertz CT molecular complexity index is 354. The molecule has 0 aromatic carbocycles. The van der Waals surface area contributed by atoms with Crippen molar-refractivity contribution in [2.45, 2.75) is 44.2 Å². The van der Waals surface area contributed by atoms with E-state index in [9.17, 15) is 0 Å². The third-order valence-electron chi connectivity index (χ3n) is 4.54. The summed E-state index contributed by atoms with van der Waals surface area (Å²) in [5, 5.41) is 8.28. The second kappa shape index (κ2) is 4.71. The van der Waals surface area contributed by atoms with Crippen LogP contribution in [0.4, 0.5) is 0 Å². The Labute approximate surface area is 108 Å². The minimum absolute atomic E-state index is 0.447. The molecular formula is C14H22N2S. The predicted molar refractivity (Wildman–Crippen MR) is 73.5 cm³/mol. The highest BCUT2D eigenvalue weighted by Gasteiger charge is 2.38. The molecule has 94 valence electrons. The van der Waals surface area contributed by atoms with Gasteiger partial charge in [-0.15, -0.1) is 0 Å². The molecule has 0 bridgehead atoms. The van der Waals surface area contributed by atoms with Gasteiger partial charge in [0.15, 0.2) is 0 Å². The van der Waals surface area contributed by atoms with E-state index in [4.69, 9.17) is 0 Å². The van der Waals surface area contributed by atoms with Crippen LogP contribution in [-0.4, -0.2) is 30.1 Å². The van der Waals surface area contributed by atoms with Crippen LogP contribution in [-0.2, 0) is 0 Å². The first-order valence-electron chi connectivity index (χ1n) is 6.80. The Morgan fingerprint density at radius 2 is 2.24 bits per heavy atom. The summed E-state index contributed by atoms with van der Waals surface area (Å²) in [5.41, 5.74) is 1.94. The fourth-order valence-electron chi connectivity index (χ4n) is 3.43. The summed E-state index contributed by atoms with van der Waals surface area (Å²) in [6.07, 6.45) is 5.57. The molecule has 1 aromatic heterocycles. The molecule has 1 aliphatic carbocycles. The average molecular weight is 250 g/mol. The molecule has 1 unspecified atom stereocenters. The zero-order valence-corrected chi connectivity index (χ0v) is 11.4. The standard InChI is InChI=1S/C14H22N2S/c1-12(13-4-9-17-10-13)16-8-7-15-14(11-16)5-2-3-6-14/h4,9-10,12,15H,2-3,5-8,11H2,1H3. The molecule has 0 radical (unpaired) electrons. The van der Waals surface area contributed by atoms with Gasteiger partial charge in [-0.1, -0.05) is 12.8 Å². The molecule has 2 fully saturated rings. The van der Waals surface area contributed by atoms with Crippen molar-refractivity contribution in [1.29, 1.82) is 0 Å². The summed E-state index contributed by atoms with van der Waals surface area (Å²) >= 11 is 1.81. The molecule has 0 amide bonds. The maximum atomic E-state index is 3.79. The third-order valence-corrected chi connectivity index (χ3v) is 5.24. The first kappa shape index (κ1) is 11.7. The van der Waals surface area contributed by atoms with Crippen molar-refractivity contribution in [3.05, 3.63) is 22.4 Å². The van der Waals surface area contributed by atoms with Crippen molar-refractivity contribution in [1.82, 2.24) is 10.2 Å². The maximum absolute atomic E-state index is 3.79. The summed E-state index contributed by atoms with van der Waals surface area (Å²) in [6.45, 7) is 5.95. The lowest BCUT2D eigenvalue weighted by Gasteiger charge is -2.44. The molecule has 1 saturated heterocycles. The quantitative estimate of drug-likeness (QED) is 0.868. The summed E-state index contributed by atoms with van der Waals surface area (Å²) in [4.78, 5) is 2.67. The lowest BCUT2D eigenvalue weighted by Crippen LogP contribution is -2.59. The van der Waals surface area contributed by atoms with Crippen molar-refractivity contribution in [3.8, 4) is 0 Å². The van der Waals surface area contributed by atoms with E-state index in [0.717, 1.165) is 6.54 Å². The van der Waals surface area contributed by atoms with Crippen LogP contribution in [0, 0.1) is 0 Å².